The zero-order chi connectivity index (χ0) is 14.5. The number of hydrogen-bond acceptors (Lipinski definition) is 3. The van der Waals surface area contributed by atoms with E-state index < -0.39 is 6.10 Å². The summed E-state index contributed by atoms with van der Waals surface area (Å²) in [6, 6.07) is 8.45. The Bertz CT molecular complexity index is 404. The topological polar surface area (TPSA) is 32.7 Å². The molecule has 1 aliphatic rings. The summed E-state index contributed by atoms with van der Waals surface area (Å²) < 4.78 is 5.70. The van der Waals surface area contributed by atoms with Crippen LogP contribution in [0.2, 0.25) is 0 Å². The fraction of sp³-hybridized carbons (Fsp3) is 0.647. The van der Waals surface area contributed by atoms with Crippen LogP contribution in [0.15, 0.2) is 24.3 Å². The Morgan fingerprint density at radius 2 is 2.00 bits per heavy atom. The van der Waals surface area contributed by atoms with Crippen LogP contribution in [-0.2, 0) is 11.2 Å². The Morgan fingerprint density at radius 1 is 1.30 bits per heavy atom. The quantitative estimate of drug-likeness (QED) is 0.898. The Morgan fingerprint density at radius 3 is 2.60 bits per heavy atom. The molecule has 3 nitrogen and oxygen atoms in total. The van der Waals surface area contributed by atoms with E-state index in [0.29, 0.717) is 6.10 Å². The highest BCUT2D eigenvalue weighted by Gasteiger charge is 2.27. The minimum absolute atomic E-state index is 0.125. The molecule has 0 bridgehead atoms. The van der Waals surface area contributed by atoms with Crippen LogP contribution < -0.4 is 0 Å². The molecular weight excluding hydrogens is 250 g/mol. The first kappa shape index (κ1) is 15.5. The van der Waals surface area contributed by atoms with Crippen LogP contribution in [0.25, 0.3) is 0 Å². The molecule has 0 radical (unpaired) electrons. The number of morpholine rings is 1. The molecule has 3 heteroatoms. The van der Waals surface area contributed by atoms with Crippen molar-refractivity contribution in [2.75, 3.05) is 19.7 Å². The lowest BCUT2D eigenvalue weighted by molar-refractivity contribution is -0.0623. The molecule has 1 N–H and O–H groups in total. The molecule has 1 aromatic carbocycles. The van der Waals surface area contributed by atoms with Crippen molar-refractivity contribution in [3.8, 4) is 0 Å². The van der Waals surface area contributed by atoms with Crippen LogP contribution >= 0.6 is 0 Å². The minimum Gasteiger partial charge on any atom is -0.387 e. The fourth-order valence-corrected chi connectivity index (χ4v) is 2.79. The van der Waals surface area contributed by atoms with Gasteiger partial charge in [-0.2, -0.15) is 0 Å². The molecule has 0 amide bonds. The van der Waals surface area contributed by atoms with E-state index in [2.05, 4.69) is 49.9 Å². The normalized spacial score (nSPS) is 23.5. The average molecular weight is 277 g/mol. The standard InChI is InChI=1S/C17H27NO2/c1-4-14-6-8-15(9-7-14)17(19)13(3)18-10-11-20-16(5-2)12-18/h6-9,13,16-17,19H,4-5,10-12H2,1-3H3. The van der Waals surface area contributed by atoms with Crippen molar-refractivity contribution in [2.45, 2.75) is 51.9 Å². The summed E-state index contributed by atoms with van der Waals surface area (Å²) in [5.41, 5.74) is 2.32. The Hall–Kier alpha value is -0.900. The van der Waals surface area contributed by atoms with E-state index in [1.165, 1.54) is 5.56 Å². The summed E-state index contributed by atoms with van der Waals surface area (Å²) in [7, 11) is 0. The zero-order valence-corrected chi connectivity index (χ0v) is 12.9. The molecular formula is C17H27NO2. The van der Waals surface area contributed by atoms with Crippen molar-refractivity contribution >= 4 is 0 Å². The smallest absolute Gasteiger partial charge is 0.0942 e. The second-order valence-corrected chi connectivity index (χ2v) is 5.68. The molecule has 0 aliphatic carbocycles. The number of benzene rings is 1. The maximum atomic E-state index is 10.6. The summed E-state index contributed by atoms with van der Waals surface area (Å²) in [4.78, 5) is 2.34. The van der Waals surface area contributed by atoms with E-state index in [9.17, 15) is 5.11 Å². The van der Waals surface area contributed by atoms with E-state index in [0.717, 1.165) is 38.1 Å². The molecule has 1 aliphatic heterocycles. The highest BCUT2D eigenvalue weighted by Crippen LogP contribution is 2.23. The number of aryl methyl sites for hydroxylation is 1. The molecule has 1 fully saturated rings. The van der Waals surface area contributed by atoms with Crippen molar-refractivity contribution < 1.29 is 9.84 Å². The fourth-order valence-electron chi connectivity index (χ4n) is 2.79. The van der Waals surface area contributed by atoms with Gasteiger partial charge in [-0.1, -0.05) is 38.1 Å². The van der Waals surface area contributed by atoms with Gasteiger partial charge in [-0.25, -0.2) is 0 Å². The van der Waals surface area contributed by atoms with Gasteiger partial charge in [0.05, 0.1) is 18.8 Å². The second-order valence-electron chi connectivity index (χ2n) is 5.68. The Balaban J connectivity index is 2.01. The van der Waals surface area contributed by atoms with E-state index >= 15 is 0 Å². The molecule has 1 aromatic rings. The highest BCUT2D eigenvalue weighted by atomic mass is 16.5. The lowest BCUT2D eigenvalue weighted by atomic mass is 9.99. The number of ether oxygens (including phenoxy) is 1. The van der Waals surface area contributed by atoms with Gasteiger partial charge in [0, 0.05) is 19.1 Å². The number of nitrogens with zero attached hydrogens (tertiary/aromatic N) is 1. The maximum Gasteiger partial charge on any atom is 0.0942 e. The van der Waals surface area contributed by atoms with Crippen molar-refractivity contribution in [2.24, 2.45) is 0 Å². The van der Waals surface area contributed by atoms with Gasteiger partial charge >= 0.3 is 0 Å². The van der Waals surface area contributed by atoms with Crippen LogP contribution in [0.1, 0.15) is 44.4 Å². The van der Waals surface area contributed by atoms with Gasteiger partial charge in [-0.3, -0.25) is 4.90 Å². The van der Waals surface area contributed by atoms with Gasteiger partial charge in [0.1, 0.15) is 0 Å². The molecule has 1 saturated heterocycles. The molecule has 20 heavy (non-hydrogen) atoms. The first-order valence-electron chi connectivity index (χ1n) is 7.78. The summed E-state index contributed by atoms with van der Waals surface area (Å²) in [6.07, 6.45) is 1.94. The number of aliphatic hydroxyl groups excluding tert-OH is 1. The van der Waals surface area contributed by atoms with Gasteiger partial charge in [0.15, 0.2) is 0 Å². The molecule has 3 atom stereocenters. The maximum absolute atomic E-state index is 10.6. The van der Waals surface area contributed by atoms with Crippen LogP contribution in [0.4, 0.5) is 0 Å². The lowest BCUT2D eigenvalue weighted by Gasteiger charge is -2.38. The van der Waals surface area contributed by atoms with E-state index in [4.69, 9.17) is 4.74 Å². The Labute approximate surface area is 122 Å². The summed E-state index contributed by atoms with van der Waals surface area (Å²) >= 11 is 0. The van der Waals surface area contributed by atoms with Crippen LogP contribution in [0.5, 0.6) is 0 Å². The minimum atomic E-state index is -0.434. The third kappa shape index (κ3) is 3.60. The molecule has 2 rings (SSSR count). The van der Waals surface area contributed by atoms with Gasteiger partial charge in [0.25, 0.3) is 0 Å². The molecule has 3 unspecified atom stereocenters. The number of hydrogen-bond donors (Lipinski definition) is 1. The number of aliphatic hydroxyl groups is 1. The van der Waals surface area contributed by atoms with Gasteiger partial charge in [-0.15, -0.1) is 0 Å². The third-order valence-corrected chi connectivity index (χ3v) is 4.39. The van der Waals surface area contributed by atoms with Crippen molar-refractivity contribution in [3.05, 3.63) is 35.4 Å². The summed E-state index contributed by atoms with van der Waals surface area (Å²) in [5.74, 6) is 0. The molecule has 0 saturated carbocycles. The van der Waals surface area contributed by atoms with E-state index in [1.54, 1.807) is 0 Å². The predicted molar refractivity (Wildman–Crippen MR) is 81.8 cm³/mol. The van der Waals surface area contributed by atoms with Crippen molar-refractivity contribution in [1.29, 1.82) is 0 Å². The van der Waals surface area contributed by atoms with Crippen molar-refractivity contribution in [1.82, 2.24) is 4.90 Å². The molecule has 0 spiro atoms. The third-order valence-electron chi connectivity index (χ3n) is 4.39. The SMILES string of the molecule is CCc1ccc(C(O)C(C)N2CCOC(CC)C2)cc1. The summed E-state index contributed by atoms with van der Waals surface area (Å²) in [5, 5.41) is 10.6. The van der Waals surface area contributed by atoms with Gasteiger partial charge in [-0.05, 0) is 30.9 Å². The average Bonchev–Trinajstić information content (AvgIpc) is 2.53. The van der Waals surface area contributed by atoms with Crippen LogP contribution in [0.3, 0.4) is 0 Å². The predicted octanol–water partition coefficient (Wildman–Crippen LogP) is 2.78. The van der Waals surface area contributed by atoms with Crippen molar-refractivity contribution in [3.63, 3.8) is 0 Å². The molecule has 112 valence electrons. The first-order chi connectivity index (χ1) is 9.65. The zero-order valence-electron chi connectivity index (χ0n) is 12.9. The Kier molecular flexibility index (Phi) is 5.58. The lowest BCUT2D eigenvalue weighted by Crippen LogP contribution is -2.48. The molecule has 0 aromatic heterocycles. The largest absolute Gasteiger partial charge is 0.387 e. The van der Waals surface area contributed by atoms with E-state index in [1.807, 2.05) is 0 Å². The van der Waals surface area contributed by atoms with E-state index in [-0.39, 0.29) is 6.04 Å². The number of rotatable bonds is 5. The van der Waals surface area contributed by atoms with Crippen LogP contribution in [-0.4, -0.2) is 41.8 Å². The van der Waals surface area contributed by atoms with Gasteiger partial charge in [0.2, 0.25) is 0 Å². The first-order valence-corrected chi connectivity index (χ1v) is 7.78. The second kappa shape index (κ2) is 7.21. The van der Waals surface area contributed by atoms with Gasteiger partial charge < -0.3 is 9.84 Å². The highest BCUT2D eigenvalue weighted by molar-refractivity contribution is 5.25. The molecule has 1 heterocycles. The van der Waals surface area contributed by atoms with Crippen LogP contribution in [0, 0.1) is 0 Å². The monoisotopic (exact) mass is 277 g/mol. The summed E-state index contributed by atoms with van der Waals surface area (Å²) in [6.45, 7) is 9.00.